The molecule has 1 aromatic rings. The molecule has 3 atom stereocenters. The van der Waals surface area contributed by atoms with Gasteiger partial charge < -0.3 is 9.47 Å². The lowest BCUT2D eigenvalue weighted by molar-refractivity contribution is -0.0478. The quantitative estimate of drug-likeness (QED) is 0.685. The van der Waals surface area contributed by atoms with E-state index in [2.05, 4.69) is 6.92 Å². The molecule has 3 unspecified atom stereocenters. The van der Waals surface area contributed by atoms with Crippen LogP contribution in [-0.4, -0.2) is 12.4 Å². The number of halogens is 1. The van der Waals surface area contributed by atoms with E-state index in [0.717, 1.165) is 0 Å². The van der Waals surface area contributed by atoms with Gasteiger partial charge in [-0.05, 0) is 19.9 Å². The molecule has 0 amide bonds. The van der Waals surface area contributed by atoms with Gasteiger partial charge in [0, 0.05) is 5.56 Å². The third-order valence-corrected chi connectivity index (χ3v) is 2.25. The van der Waals surface area contributed by atoms with Crippen LogP contribution in [0.15, 0.2) is 24.3 Å². The molecule has 0 bridgehead atoms. The van der Waals surface area contributed by atoms with Crippen LogP contribution in [0.3, 0.4) is 0 Å². The van der Waals surface area contributed by atoms with E-state index < -0.39 is 6.10 Å². The summed E-state index contributed by atoms with van der Waals surface area (Å²) < 4.78 is 24.1. The molecular formula is C11H12FO2. The lowest BCUT2D eigenvalue weighted by Gasteiger charge is -2.13. The highest BCUT2D eigenvalue weighted by atomic mass is 19.1. The second-order valence-electron chi connectivity index (χ2n) is 3.32. The van der Waals surface area contributed by atoms with Crippen molar-refractivity contribution in [3.8, 4) is 0 Å². The van der Waals surface area contributed by atoms with Crippen LogP contribution in [0.1, 0.15) is 18.6 Å². The van der Waals surface area contributed by atoms with Crippen molar-refractivity contribution < 1.29 is 13.9 Å². The molecule has 0 aliphatic carbocycles. The second-order valence-corrected chi connectivity index (χ2v) is 3.32. The van der Waals surface area contributed by atoms with E-state index in [1.165, 1.54) is 6.07 Å². The van der Waals surface area contributed by atoms with Crippen LogP contribution in [-0.2, 0) is 9.47 Å². The fourth-order valence-electron chi connectivity index (χ4n) is 1.62. The van der Waals surface area contributed by atoms with E-state index in [1.807, 2.05) is 0 Å². The standard InChI is InChI=1S/C11H12FO2/c1-7-11(14-8(2)13-7)9-5-3-4-6-10(9)12/h3-8,11H,1H2,2H3. The van der Waals surface area contributed by atoms with Crippen LogP contribution in [0.4, 0.5) is 4.39 Å². The summed E-state index contributed by atoms with van der Waals surface area (Å²) in [5, 5.41) is 0. The molecule has 1 radical (unpaired) electrons. The van der Waals surface area contributed by atoms with E-state index in [9.17, 15) is 4.39 Å². The lowest BCUT2D eigenvalue weighted by Crippen LogP contribution is -2.12. The Kier molecular flexibility index (Phi) is 2.52. The lowest BCUT2D eigenvalue weighted by atomic mass is 10.1. The summed E-state index contributed by atoms with van der Waals surface area (Å²) in [7, 11) is 0. The van der Waals surface area contributed by atoms with Crippen LogP contribution in [0.25, 0.3) is 0 Å². The minimum atomic E-state index is -0.397. The van der Waals surface area contributed by atoms with Gasteiger partial charge >= 0.3 is 0 Å². The molecule has 75 valence electrons. The zero-order valence-electron chi connectivity index (χ0n) is 7.94. The molecular weight excluding hydrogens is 183 g/mol. The van der Waals surface area contributed by atoms with Crippen molar-refractivity contribution >= 4 is 0 Å². The van der Waals surface area contributed by atoms with Crippen molar-refractivity contribution in [2.45, 2.75) is 25.4 Å². The smallest absolute Gasteiger partial charge is 0.156 e. The largest absolute Gasteiger partial charge is 0.347 e. The highest BCUT2D eigenvalue weighted by Crippen LogP contribution is 2.32. The maximum atomic E-state index is 13.4. The summed E-state index contributed by atoms with van der Waals surface area (Å²) >= 11 is 0. The summed E-state index contributed by atoms with van der Waals surface area (Å²) in [5.41, 5.74) is 0.511. The summed E-state index contributed by atoms with van der Waals surface area (Å²) in [5.74, 6) is -0.274. The van der Waals surface area contributed by atoms with E-state index in [-0.39, 0.29) is 18.2 Å². The summed E-state index contributed by atoms with van der Waals surface area (Å²) in [6, 6.07) is 6.53. The Labute approximate surface area is 82.6 Å². The van der Waals surface area contributed by atoms with Crippen molar-refractivity contribution in [2.75, 3.05) is 0 Å². The zero-order valence-corrected chi connectivity index (χ0v) is 7.94. The molecule has 1 aliphatic heterocycles. The molecule has 1 aromatic carbocycles. The molecule has 0 spiro atoms. The fourth-order valence-corrected chi connectivity index (χ4v) is 1.62. The molecule has 1 aliphatic rings. The maximum absolute atomic E-state index is 13.4. The highest BCUT2D eigenvalue weighted by molar-refractivity contribution is 5.22. The molecule has 14 heavy (non-hydrogen) atoms. The van der Waals surface area contributed by atoms with Crippen molar-refractivity contribution in [3.63, 3.8) is 0 Å². The van der Waals surface area contributed by atoms with Crippen LogP contribution in [0.5, 0.6) is 0 Å². The Morgan fingerprint density at radius 3 is 2.57 bits per heavy atom. The first-order valence-electron chi connectivity index (χ1n) is 4.57. The summed E-state index contributed by atoms with van der Waals surface area (Å²) in [4.78, 5) is 0. The number of rotatable bonds is 1. The van der Waals surface area contributed by atoms with Gasteiger partial charge in [0.2, 0.25) is 0 Å². The van der Waals surface area contributed by atoms with E-state index in [0.29, 0.717) is 5.56 Å². The van der Waals surface area contributed by atoms with Gasteiger partial charge in [-0.25, -0.2) is 4.39 Å². The first kappa shape index (κ1) is 9.62. The van der Waals surface area contributed by atoms with E-state index >= 15 is 0 Å². The highest BCUT2D eigenvalue weighted by Gasteiger charge is 2.33. The fraction of sp³-hybridized carbons (Fsp3) is 0.364. The Morgan fingerprint density at radius 2 is 2.00 bits per heavy atom. The van der Waals surface area contributed by atoms with Crippen LogP contribution < -0.4 is 0 Å². The minimum Gasteiger partial charge on any atom is -0.347 e. The van der Waals surface area contributed by atoms with Gasteiger partial charge in [0.15, 0.2) is 6.29 Å². The third kappa shape index (κ3) is 1.65. The first-order valence-corrected chi connectivity index (χ1v) is 4.57. The molecule has 0 saturated carbocycles. The molecule has 0 aromatic heterocycles. The molecule has 1 fully saturated rings. The molecule has 0 N–H and O–H groups in total. The summed E-state index contributed by atoms with van der Waals surface area (Å²) in [6.45, 7) is 5.55. The maximum Gasteiger partial charge on any atom is 0.156 e. The number of hydrogen-bond donors (Lipinski definition) is 0. The zero-order chi connectivity index (χ0) is 10.1. The summed E-state index contributed by atoms with van der Waals surface area (Å²) in [6.07, 6.45) is -1.06. The average Bonchev–Trinajstić information content (AvgIpc) is 2.46. The predicted octanol–water partition coefficient (Wildman–Crippen LogP) is 2.46. The van der Waals surface area contributed by atoms with Crippen molar-refractivity contribution in [3.05, 3.63) is 42.6 Å². The molecule has 1 saturated heterocycles. The Morgan fingerprint density at radius 1 is 1.29 bits per heavy atom. The SMILES string of the molecule is [CH2]C1OC(C)OC1c1ccccc1F. The number of hydrogen-bond acceptors (Lipinski definition) is 2. The van der Waals surface area contributed by atoms with Crippen molar-refractivity contribution in [1.82, 2.24) is 0 Å². The van der Waals surface area contributed by atoms with E-state index in [4.69, 9.17) is 9.47 Å². The molecule has 2 nitrogen and oxygen atoms in total. The topological polar surface area (TPSA) is 18.5 Å². The van der Waals surface area contributed by atoms with Gasteiger partial charge in [0.25, 0.3) is 0 Å². The van der Waals surface area contributed by atoms with Crippen LogP contribution >= 0.6 is 0 Å². The Balaban J connectivity index is 2.27. The normalized spacial score (nSPS) is 32.1. The number of benzene rings is 1. The second kappa shape index (κ2) is 3.67. The molecule has 2 rings (SSSR count). The van der Waals surface area contributed by atoms with Crippen molar-refractivity contribution in [1.29, 1.82) is 0 Å². The average molecular weight is 195 g/mol. The van der Waals surface area contributed by atoms with Crippen molar-refractivity contribution in [2.24, 2.45) is 0 Å². The number of ether oxygens (including phenoxy) is 2. The van der Waals surface area contributed by atoms with Gasteiger partial charge in [-0.3, -0.25) is 0 Å². The van der Waals surface area contributed by atoms with Gasteiger partial charge in [0.05, 0.1) is 6.10 Å². The van der Waals surface area contributed by atoms with Crippen LogP contribution in [0, 0.1) is 12.7 Å². The minimum absolute atomic E-state index is 0.274. The van der Waals surface area contributed by atoms with E-state index in [1.54, 1.807) is 25.1 Å². The third-order valence-electron chi connectivity index (χ3n) is 2.25. The van der Waals surface area contributed by atoms with Gasteiger partial charge in [-0.1, -0.05) is 18.2 Å². The Bertz CT molecular complexity index is 327. The van der Waals surface area contributed by atoms with Gasteiger partial charge in [0.1, 0.15) is 11.9 Å². The predicted molar refractivity (Wildman–Crippen MR) is 49.9 cm³/mol. The molecule has 1 heterocycles. The first-order chi connectivity index (χ1) is 6.68. The van der Waals surface area contributed by atoms with Crippen LogP contribution in [0.2, 0.25) is 0 Å². The van der Waals surface area contributed by atoms with Gasteiger partial charge in [-0.15, -0.1) is 0 Å². The monoisotopic (exact) mass is 195 g/mol. The molecule has 3 heteroatoms. The Hall–Kier alpha value is -0.930. The van der Waals surface area contributed by atoms with Gasteiger partial charge in [-0.2, -0.15) is 0 Å².